The van der Waals surface area contributed by atoms with Crippen LogP contribution in [0.15, 0.2) is 54.6 Å². The first-order valence-electron chi connectivity index (χ1n) is 8.93. The van der Waals surface area contributed by atoms with E-state index in [1.54, 1.807) is 13.2 Å². The Morgan fingerprint density at radius 3 is 2.38 bits per heavy atom. The van der Waals surface area contributed by atoms with Crippen molar-refractivity contribution in [2.45, 2.75) is 27.0 Å². The predicted molar refractivity (Wildman–Crippen MR) is 105 cm³/mol. The lowest BCUT2D eigenvalue weighted by atomic mass is 10.1. The largest absolute Gasteiger partial charge is 0.497 e. The standard InChI is InChI=1S/C22H27NO3/c1-4-23(5-2)16-19-9-11-20(12-10-19)17-26-22(24)14-13-18-7-6-8-21(15-18)25-3/h6-15H,4-5,16-17H2,1-3H3/b14-13+. The molecule has 0 amide bonds. The molecular weight excluding hydrogens is 326 g/mol. The molecule has 0 aliphatic carbocycles. The smallest absolute Gasteiger partial charge is 0.331 e. The minimum Gasteiger partial charge on any atom is -0.497 e. The van der Waals surface area contributed by atoms with Crippen LogP contribution in [0.1, 0.15) is 30.5 Å². The quantitative estimate of drug-likeness (QED) is 0.498. The molecule has 0 N–H and O–H groups in total. The maximum atomic E-state index is 11.9. The van der Waals surface area contributed by atoms with E-state index < -0.39 is 0 Å². The molecule has 0 atom stereocenters. The molecule has 0 fully saturated rings. The van der Waals surface area contributed by atoms with Crippen LogP contribution in [0.5, 0.6) is 5.75 Å². The summed E-state index contributed by atoms with van der Waals surface area (Å²) < 4.78 is 10.5. The number of carbonyl (C=O) groups is 1. The summed E-state index contributed by atoms with van der Waals surface area (Å²) in [6.07, 6.45) is 3.15. The van der Waals surface area contributed by atoms with Gasteiger partial charge in [0.05, 0.1) is 7.11 Å². The van der Waals surface area contributed by atoms with Gasteiger partial charge in [0.25, 0.3) is 0 Å². The van der Waals surface area contributed by atoms with Crippen molar-refractivity contribution >= 4 is 12.0 Å². The minimum absolute atomic E-state index is 0.271. The van der Waals surface area contributed by atoms with E-state index in [0.717, 1.165) is 36.5 Å². The first kappa shape index (κ1) is 19.7. The molecule has 138 valence electrons. The average molecular weight is 353 g/mol. The van der Waals surface area contributed by atoms with Gasteiger partial charge in [-0.05, 0) is 48.0 Å². The number of nitrogens with zero attached hydrogens (tertiary/aromatic N) is 1. The monoisotopic (exact) mass is 353 g/mol. The van der Waals surface area contributed by atoms with Crippen molar-refractivity contribution in [1.29, 1.82) is 0 Å². The number of esters is 1. The second-order valence-corrected chi connectivity index (χ2v) is 6.00. The third kappa shape index (κ3) is 6.37. The summed E-state index contributed by atoms with van der Waals surface area (Å²) in [7, 11) is 1.62. The summed E-state index contributed by atoms with van der Waals surface area (Å²) in [6.45, 7) is 7.61. The Labute approximate surface area is 156 Å². The van der Waals surface area contributed by atoms with Gasteiger partial charge >= 0.3 is 5.97 Å². The lowest BCUT2D eigenvalue weighted by Gasteiger charge is -2.18. The maximum Gasteiger partial charge on any atom is 0.331 e. The lowest BCUT2D eigenvalue weighted by Crippen LogP contribution is -2.22. The molecule has 26 heavy (non-hydrogen) atoms. The average Bonchev–Trinajstić information content (AvgIpc) is 2.70. The summed E-state index contributed by atoms with van der Waals surface area (Å²) in [5.74, 6) is 0.394. The van der Waals surface area contributed by atoms with Crippen molar-refractivity contribution in [2.24, 2.45) is 0 Å². The fourth-order valence-corrected chi connectivity index (χ4v) is 2.56. The molecule has 0 saturated heterocycles. The van der Waals surface area contributed by atoms with Crippen LogP contribution in [0.4, 0.5) is 0 Å². The second kappa shape index (κ2) is 10.4. The summed E-state index contributed by atoms with van der Waals surface area (Å²) in [6, 6.07) is 15.7. The lowest BCUT2D eigenvalue weighted by molar-refractivity contribution is -0.138. The van der Waals surface area contributed by atoms with Gasteiger partial charge < -0.3 is 9.47 Å². The van der Waals surface area contributed by atoms with E-state index >= 15 is 0 Å². The zero-order chi connectivity index (χ0) is 18.8. The summed E-state index contributed by atoms with van der Waals surface area (Å²) in [5.41, 5.74) is 3.14. The molecule has 0 heterocycles. The van der Waals surface area contributed by atoms with E-state index in [2.05, 4.69) is 30.9 Å². The van der Waals surface area contributed by atoms with Crippen LogP contribution >= 0.6 is 0 Å². The highest BCUT2D eigenvalue weighted by atomic mass is 16.5. The number of hydrogen-bond donors (Lipinski definition) is 0. The molecule has 4 heteroatoms. The van der Waals surface area contributed by atoms with E-state index in [9.17, 15) is 4.79 Å². The highest BCUT2D eigenvalue weighted by Gasteiger charge is 2.03. The molecule has 0 radical (unpaired) electrons. The van der Waals surface area contributed by atoms with Gasteiger partial charge in [-0.1, -0.05) is 50.2 Å². The summed E-state index contributed by atoms with van der Waals surface area (Å²) in [4.78, 5) is 14.2. The SMILES string of the molecule is CCN(CC)Cc1ccc(COC(=O)/C=C/c2cccc(OC)c2)cc1. The normalized spacial score (nSPS) is 11.1. The number of ether oxygens (including phenoxy) is 2. The third-order valence-corrected chi connectivity index (χ3v) is 4.21. The number of benzene rings is 2. The maximum absolute atomic E-state index is 11.9. The van der Waals surface area contributed by atoms with Crippen molar-refractivity contribution in [2.75, 3.05) is 20.2 Å². The zero-order valence-electron chi connectivity index (χ0n) is 15.8. The van der Waals surface area contributed by atoms with Gasteiger partial charge in [0, 0.05) is 12.6 Å². The molecule has 0 saturated carbocycles. The van der Waals surface area contributed by atoms with Gasteiger partial charge in [-0.3, -0.25) is 4.90 Å². The molecule has 0 bridgehead atoms. The predicted octanol–water partition coefficient (Wildman–Crippen LogP) is 4.29. The van der Waals surface area contributed by atoms with Crippen LogP contribution < -0.4 is 4.74 Å². The van der Waals surface area contributed by atoms with Crippen LogP contribution in [0.25, 0.3) is 6.08 Å². The second-order valence-electron chi connectivity index (χ2n) is 6.00. The zero-order valence-corrected chi connectivity index (χ0v) is 15.8. The van der Waals surface area contributed by atoms with Gasteiger partial charge in [-0.2, -0.15) is 0 Å². The molecule has 0 aliphatic heterocycles. The Hall–Kier alpha value is -2.59. The molecule has 4 nitrogen and oxygen atoms in total. The molecule has 2 aromatic rings. The van der Waals surface area contributed by atoms with Crippen molar-refractivity contribution in [1.82, 2.24) is 4.90 Å². The van der Waals surface area contributed by atoms with Gasteiger partial charge in [-0.15, -0.1) is 0 Å². The Morgan fingerprint density at radius 1 is 1.04 bits per heavy atom. The van der Waals surface area contributed by atoms with Crippen LogP contribution in [0.2, 0.25) is 0 Å². The highest BCUT2D eigenvalue weighted by molar-refractivity contribution is 5.87. The van der Waals surface area contributed by atoms with Gasteiger partial charge in [0.2, 0.25) is 0 Å². The number of rotatable bonds is 9. The Kier molecular flexibility index (Phi) is 7.90. The van der Waals surface area contributed by atoms with Crippen molar-refractivity contribution in [3.05, 3.63) is 71.3 Å². The number of methoxy groups -OCH3 is 1. The first-order chi connectivity index (χ1) is 12.6. The Balaban J connectivity index is 1.84. The van der Waals surface area contributed by atoms with Crippen LogP contribution in [-0.2, 0) is 22.7 Å². The summed E-state index contributed by atoms with van der Waals surface area (Å²) >= 11 is 0. The van der Waals surface area contributed by atoms with E-state index in [4.69, 9.17) is 9.47 Å². The number of hydrogen-bond acceptors (Lipinski definition) is 4. The van der Waals surface area contributed by atoms with Gasteiger partial charge in [0.1, 0.15) is 12.4 Å². The molecule has 0 unspecified atom stereocenters. The van der Waals surface area contributed by atoms with Gasteiger partial charge in [-0.25, -0.2) is 4.79 Å². The molecule has 0 spiro atoms. The van der Waals surface area contributed by atoms with E-state index in [1.165, 1.54) is 11.6 Å². The Morgan fingerprint density at radius 2 is 1.73 bits per heavy atom. The minimum atomic E-state index is -0.361. The topological polar surface area (TPSA) is 38.8 Å². The highest BCUT2D eigenvalue weighted by Crippen LogP contribution is 2.14. The fraction of sp³-hybridized carbons (Fsp3) is 0.318. The molecule has 2 rings (SSSR count). The molecule has 0 aliphatic rings. The van der Waals surface area contributed by atoms with Crippen LogP contribution in [0.3, 0.4) is 0 Å². The third-order valence-electron chi connectivity index (χ3n) is 4.21. The van der Waals surface area contributed by atoms with Crippen molar-refractivity contribution < 1.29 is 14.3 Å². The fourth-order valence-electron chi connectivity index (χ4n) is 2.56. The van der Waals surface area contributed by atoms with Gasteiger partial charge in [0.15, 0.2) is 0 Å². The van der Waals surface area contributed by atoms with Crippen LogP contribution in [-0.4, -0.2) is 31.1 Å². The Bertz CT molecular complexity index is 718. The van der Waals surface area contributed by atoms with E-state index in [1.807, 2.05) is 36.4 Å². The van der Waals surface area contributed by atoms with Crippen molar-refractivity contribution in [3.8, 4) is 5.75 Å². The van der Waals surface area contributed by atoms with Crippen molar-refractivity contribution in [3.63, 3.8) is 0 Å². The van der Waals surface area contributed by atoms with Crippen LogP contribution in [0, 0.1) is 0 Å². The summed E-state index contributed by atoms with van der Waals surface area (Å²) in [5, 5.41) is 0. The molecule has 2 aromatic carbocycles. The van der Waals surface area contributed by atoms with E-state index in [0.29, 0.717) is 0 Å². The molecule has 0 aromatic heterocycles. The van der Waals surface area contributed by atoms with E-state index in [-0.39, 0.29) is 12.6 Å². The number of carbonyl (C=O) groups excluding carboxylic acids is 1. The molecular formula is C22H27NO3. The first-order valence-corrected chi connectivity index (χ1v) is 8.93.